The van der Waals surface area contributed by atoms with Gasteiger partial charge in [-0.25, -0.2) is 9.88 Å². The van der Waals surface area contributed by atoms with Gasteiger partial charge >= 0.3 is 0 Å². The zero-order valence-corrected chi connectivity index (χ0v) is 15.2. The third kappa shape index (κ3) is 2.29. The number of hydrogen-bond donors (Lipinski definition) is 0. The van der Waals surface area contributed by atoms with Crippen LogP contribution >= 0.6 is 0 Å². The van der Waals surface area contributed by atoms with Crippen LogP contribution in [0, 0.1) is 0 Å². The minimum Gasteiger partial charge on any atom is -0.494 e. The number of pyridine rings is 1. The molecule has 0 aliphatic carbocycles. The average molecular weight is 368 g/mol. The number of nitrogens with zero attached hydrogens (tertiary/aromatic N) is 2. The van der Waals surface area contributed by atoms with E-state index in [0.717, 1.165) is 10.9 Å². The first kappa shape index (κ1) is 16.4. The summed E-state index contributed by atoms with van der Waals surface area (Å²) in [7, 11) is 1.58. The fourth-order valence-electron chi connectivity index (χ4n) is 3.86. The van der Waals surface area contributed by atoms with Gasteiger partial charge in [-0.05, 0) is 23.8 Å². The second-order valence-corrected chi connectivity index (χ2v) is 6.70. The van der Waals surface area contributed by atoms with Crippen molar-refractivity contribution in [3.05, 3.63) is 77.9 Å². The minimum atomic E-state index is -0.313. The van der Waals surface area contributed by atoms with Gasteiger partial charge in [-0.2, -0.15) is 0 Å². The molecule has 5 rings (SSSR count). The summed E-state index contributed by atoms with van der Waals surface area (Å²) in [5.41, 5.74) is 3.20. The van der Waals surface area contributed by atoms with Crippen LogP contribution in [0.3, 0.4) is 0 Å². The van der Waals surface area contributed by atoms with Crippen LogP contribution < -0.4 is 9.64 Å². The van der Waals surface area contributed by atoms with Crippen molar-refractivity contribution in [2.45, 2.75) is 6.42 Å². The van der Waals surface area contributed by atoms with Crippen LogP contribution in [0.1, 0.15) is 15.9 Å². The molecule has 1 aliphatic rings. The number of benzene rings is 3. The Morgan fingerprint density at radius 2 is 1.64 bits per heavy atom. The van der Waals surface area contributed by atoms with Crippen LogP contribution in [-0.4, -0.2) is 23.9 Å². The molecule has 5 nitrogen and oxygen atoms in total. The topological polar surface area (TPSA) is 59.5 Å². The number of methoxy groups -OCH3 is 1. The Morgan fingerprint density at radius 3 is 2.50 bits per heavy atom. The van der Waals surface area contributed by atoms with E-state index in [1.54, 1.807) is 13.2 Å². The molecule has 1 aliphatic heterocycles. The maximum absolute atomic E-state index is 13.3. The van der Waals surface area contributed by atoms with Crippen molar-refractivity contribution in [2.24, 2.45) is 0 Å². The number of fused-ring (bicyclic) bond motifs is 3. The summed E-state index contributed by atoms with van der Waals surface area (Å²) in [4.78, 5) is 32.4. The first-order chi connectivity index (χ1) is 13.7. The molecule has 2 heterocycles. The summed E-state index contributed by atoms with van der Waals surface area (Å²) in [5, 5.41) is 1.46. The van der Waals surface area contributed by atoms with Crippen LogP contribution in [0.2, 0.25) is 0 Å². The standard InChI is InChI=1S/C23H16N2O3/c1-28-19-12-6-10-17-21(19)24-18-11-5-4-9-16(18)22(17)25-20(26)13-14-7-2-3-8-15(14)23(25)27/h2-12H,13H2,1H3. The molecule has 1 aromatic heterocycles. The number of aromatic nitrogens is 1. The predicted octanol–water partition coefficient (Wildman–Crippen LogP) is 4.13. The highest BCUT2D eigenvalue weighted by atomic mass is 16.5. The van der Waals surface area contributed by atoms with E-state index in [1.807, 2.05) is 60.7 Å². The molecule has 0 fully saturated rings. The third-order valence-corrected chi connectivity index (χ3v) is 5.13. The largest absolute Gasteiger partial charge is 0.494 e. The summed E-state index contributed by atoms with van der Waals surface area (Å²) in [6.07, 6.45) is 0.185. The lowest BCUT2D eigenvalue weighted by molar-refractivity contribution is -0.117. The number of imide groups is 1. The van der Waals surface area contributed by atoms with E-state index in [-0.39, 0.29) is 18.2 Å². The molecule has 0 radical (unpaired) electrons. The second-order valence-electron chi connectivity index (χ2n) is 6.70. The summed E-state index contributed by atoms with van der Waals surface area (Å²) in [6.45, 7) is 0. The van der Waals surface area contributed by atoms with Crippen molar-refractivity contribution in [1.82, 2.24) is 4.98 Å². The number of carbonyl (C=O) groups is 2. The van der Waals surface area contributed by atoms with Crippen LogP contribution in [0.15, 0.2) is 66.7 Å². The van der Waals surface area contributed by atoms with Gasteiger partial charge in [-0.15, -0.1) is 0 Å². The summed E-state index contributed by atoms with van der Waals surface area (Å²) in [6, 6.07) is 20.3. The SMILES string of the molecule is COc1cccc2c(N3C(=O)Cc4ccccc4C3=O)c3ccccc3nc12. The van der Waals surface area contributed by atoms with Gasteiger partial charge in [-0.3, -0.25) is 9.59 Å². The zero-order chi connectivity index (χ0) is 19.3. The molecule has 136 valence electrons. The normalized spacial score (nSPS) is 13.8. The van der Waals surface area contributed by atoms with E-state index in [0.29, 0.717) is 33.4 Å². The van der Waals surface area contributed by atoms with E-state index < -0.39 is 0 Å². The van der Waals surface area contributed by atoms with E-state index in [2.05, 4.69) is 0 Å². The molecule has 3 aromatic carbocycles. The number of rotatable bonds is 2. The molecule has 0 N–H and O–H groups in total. The van der Waals surface area contributed by atoms with Gasteiger partial charge in [0, 0.05) is 16.3 Å². The monoisotopic (exact) mass is 368 g/mol. The molecule has 28 heavy (non-hydrogen) atoms. The third-order valence-electron chi connectivity index (χ3n) is 5.13. The van der Waals surface area contributed by atoms with Gasteiger partial charge < -0.3 is 4.74 Å². The van der Waals surface area contributed by atoms with E-state index in [4.69, 9.17) is 9.72 Å². The molecular weight excluding hydrogens is 352 g/mol. The van der Waals surface area contributed by atoms with Gasteiger partial charge in [0.2, 0.25) is 5.91 Å². The number of anilines is 1. The zero-order valence-electron chi connectivity index (χ0n) is 15.2. The van der Waals surface area contributed by atoms with Gasteiger partial charge in [0.1, 0.15) is 11.3 Å². The number of para-hydroxylation sites is 2. The Labute approximate surface area is 161 Å². The van der Waals surface area contributed by atoms with Gasteiger partial charge in [0.15, 0.2) is 0 Å². The lowest BCUT2D eigenvalue weighted by atomic mass is 9.96. The first-order valence-electron chi connectivity index (χ1n) is 8.99. The van der Waals surface area contributed by atoms with Gasteiger partial charge in [0.05, 0.1) is 24.7 Å². The van der Waals surface area contributed by atoms with Crippen molar-refractivity contribution >= 4 is 39.3 Å². The molecule has 0 saturated carbocycles. The summed E-state index contributed by atoms with van der Waals surface area (Å²) in [5.74, 6) is 0.0401. The molecule has 5 heteroatoms. The van der Waals surface area contributed by atoms with E-state index >= 15 is 0 Å². The molecule has 0 atom stereocenters. The highest BCUT2D eigenvalue weighted by molar-refractivity contribution is 6.30. The number of ether oxygens (including phenoxy) is 1. The minimum absolute atomic E-state index is 0.185. The van der Waals surface area contributed by atoms with E-state index in [9.17, 15) is 9.59 Å². The van der Waals surface area contributed by atoms with Crippen LogP contribution in [0.25, 0.3) is 21.8 Å². The summed E-state index contributed by atoms with van der Waals surface area (Å²) >= 11 is 0. The number of hydrogen-bond acceptors (Lipinski definition) is 4. The smallest absolute Gasteiger partial charge is 0.265 e. The molecule has 0 spiro atoms. The number of amides is 2. The van der Waals surface area contributed by atoms with Crippen molar-refractivity contribution in [2.75, 3.05) is 12.0 Å². The Kier molecular flexibility index (Phi) is 3.62. The lowest BCUT2D eigenvalue weighted by Gasteiger charge is -2.29. The highest BCUT2D eigenvalue weighted by Crippen LogP contribution is 2.39. The second kappa shape index (κ2) is 6.16. The Hall–Kier alpha value is -3.73. The predicted molar refractivity (Wildman–Crippen MR) is 108 cm³/mol. The molecule has 0 saturated heterocycles. The number of carbonyl (C=O) groups excluding carboxylic acids is 2. The van der Waals surface area contributed by atoms with Crippen molar-refractivity contribution < 1.29 is 14.3 Å². The Bertz CT molecular complexity index is 1280. The van der Waals surface area contributed by atoms with Crippen LogP contribution in [0.5, 0.6) is 5.75 Å². The average Bonchev–Trinajstić information content (AvgIpc) is 2.72. The van der Waals surface area contributed by atoms with Gasteiger partial charge in [-0.1, -0.05) is 48.5 Å². The fraction of sp³-hybridized carbons (Fsp3) is 0.0870. The first-order valence-corrected chi connectivity index (χ1v) is 8.99. The van der Waals surface area contributed by atoms with E-state index in [1.165, 1.54) is 4.90 Å². The van der Waals surface area contributed by atoms with Crippen molar-refractivity contribution in [1.29, 1.82) is 0 Å². The lowest BCUT2D eigenvalue weighted by Crippen LogP contribution is -2.42. The van der Waals surface area contributed by atoms with Crippen LogP contribution in [-0.2, 0) is 11.2 Å². The molecular formula is C23H16N2O3. The molecule has 0 unspecified atom stereocenters. The van der Waals surface area contributed by atoms with Crippen molar-refractivity contribution in [3.8, 4) is 5.75 Å². The highest BCUT2D eigenvalue weighted by Gasteiger charge is 2.34. The van der Waals surface area contributed by atoms with Crippen LogP contribution in [0.4, 0.5) is 5.69 Å². The van der Waals surface area contributed by atoms with Gasteiger partial charge in [0.25, 0.3) is 5.91 Å². The maximum atomic E-state index is 13.3. The molecule has 2 amide bonds. The van der Waals surface area contributed by atoms with Crippen molar-refractivity contribution in [3.63, 3.8) is 0 Å². The maximum Gasteiger partial charge on any atom is 0.265 e. The Balaban J connectivity index is 1.87. The quantitative estimate of drug-likeness (QED) is 0.394. The fourth-order valence-corrected chi connectivity index (χ4v) is 3.86. The summed E-state index contributed by atoms with van der Waals surface area (Å²) < 4.78 is 5.48. The molecule has 0 bridgehead atoms. The Morgan fingerprint density at radius 1 is 0.893 bits per heavy atom. The molecule has 4 aromatic rings.